The van der Waals surface area contributed by atoms with Crippen LogP contribution in [0.2, 0.25) is 5.02 Å². The van der Waals surface area contributed by atoms with Gasteiger partial charge in [0.05, 0.1) is 5.02 Å². The number of hydrogen-bond acceptors (Lipinski definition) is 1. The zero-order valence-corrected chi connectivity index (χ0v) is 11.0. The maximum absolute atomic E-state index is 13.1. The molecule has 0 aliphatic carbocycles. The van der Waals surface area contributed by atoms with Gasteiger partial charge in [-0.1, -0.05) is 43.9 Å². The Hall–Kier alpha value is -0.310. The van der Waals surface area contributed by atoms with Gasteiger partial charge in [-0.05, 0) is 24.1 Å². The topological polar surface area (TPSA) is 26.0 Å². The molecule has 0 fully saturated rings. The van der Waals surface area contributed by atoms with Gasteiger partial charge in [0.2, 0.25) is 0 Å². The van der Waals surface area contributed by atoms with Crippen molar-refractivity contribution in [3.63, 3.8) is 0 Å². The van der Waals surface area contributed by atoms with Crippen molar-refractivity contribution >= 4 is 24.0 Å². The molecular formula is C12H18Cl2FN. The predicted octanol–water partition coefficient (Wildman–Crippen LogP) is 4.48. The molecule has 0 radical (unpaired) electrons. The average molecular weight is 266 g/mol. The molecule has 16 heavy (non-hydrogen) atoms. The fourth-order valence-corrected chi connectivity index (χ4v) is 1.64. The lowest BCUT2D eigenvalue weighted by Gasteiger charge is -2.11. The maximum Gasteiger partial charge on any atom is 0.142 e. The van der Waals surface area contributed by atoms with Crippen molar-refractivity contribution in [3.8, 4) is 0 Å². The number of halogens is 3. The summed E-state index contributed by atoms with van der Waals surface area (Å²) in [5, 5.41) is 0.152. The Morgan fingerprint density at radius 2 is 2.06 bits per heavy atom. The van der Waals surface area contributed by atoms with Crippen LogP contribution >= 0.6 is 24.0 Å². The molecular weight excluding hydrogens is 248 g/mol. The fraction of sp³-hybridized carbons (Fsp3) is 0.500. The van der Waals surface area contributed by atoms with Crippen molar-refractivity contribution in [2.75, 3.05) is 0 Å². The van der Waals surface area contributed by atoms with E-state index in [1.807, 2.05) is 0 Å². The molecule has 0 aromatic heterocycles. The lowest BCUT2D eigenvalue weighted by atomic mass is 10.0. The molecule has 0 spiro atoms. The van der Waals surface area contributed by atoms with Gasteiger partial charge < -0.3 is 5.73 Å². The molecule has 1 rings (SSSR count). The van der Waals surface area contributed by atoms with Crippen LogP contribution in [0.3, 0.4) is 0 Å². The lowest BCUT2D eigenvalue weighted by molar-refractivity contribution is 0.572. The van der Waals surface area contributed by atoms with E-state index in [2.05, 4.69) is 6.92 Å². The Morgan fingerprint density at radius 1 is 1.38 bits per heavy atom. The molecule has 0 unspecified atom stereocenters. The second-order valence-corrected chi connectivity index (χ2v) is 4.18. The van der Waals surface area contributed by atoms with Crippen molar-refractivity contribution in [3.05, 3.63) is 34.6 Å². The second kappa shape index (κ2) is 7.88. The lowest BCUT2D eigenvalue weighted by Crippen LogP contribution is -2.10. The highest BCUT2D eigenvalue weighted by Crippen LogP contribution is 2.22. The van der Waals surface area contributed by atoms with Gasteiger partial charge in [0.15, 0.2) is 0 Å². The summed E-state index contributed by atoms with van der Waals surface area (Å²) in [6.45, 7) is 2.15. The molecule has 4 heteroatoms. The van der Waals surface area contributed by atoms with E-state index in [9.17, 15) is 4.39 Å². The zero-order chi connectivity index (χ0) is 11.3. The van der Waals surface area contributed by atoms with Gasteiger partial charge in [0, 0.05) is 6.04 Å². The van der Waals surface area contributed by atoms with E-state index in [1.54, 1.807) is 12.1 Å². The van der Waals surface area contributed by atoms with E-state index in [1.165, 1.54) is 18.9 Å². The molecule has 1 aromatic carbocycles. The molecule has 0 amide bonds. The highest BCUT2D eigenvalue weighted by molar-refractivity contribution is 6.30. The zero-order valence-electron chi connectivity index (χ0n) is 9.38. The van der Waals surface area contributed by atoms with E-state index in [0.29, 0.717) is 0 Å². The van der Waals surface area contributed by atoms with Crippen molar-refractivity contribution in [2.45, 2.75) is 38.6 Å². The van der Waals surface area contributed by atoms with Gasteiger partial charge in [-0.2, -0.15) is 0 Å². The summed E-state index contributed by atoms with van der Waals surface area (Å²) in [6.07, 6.45) is 4.32. The first-order valence-corrected chi connectivity index (χ1v) is 5.73. The predicted molar refractivity (Wildman–Crippen MR) is 69.7 cm³/mol. The van der Waals surface area contributed by atoms with Gasteiger partial charge in [-0.3, -0.25) is 0 Å². The molecule has 1 nitrogen and oxygen atoms in total. The standard InChI is InChI=1S/C12H17ClFN.ClH/c1-2-3-4-5-12(15)9-6-7-10(13)11(14)8-9;/h6-8,12H,2-5,15H2,1H3;1H/t12-;/m0./s1. The van der Waals surface area contributed by atoms with Gasteiger partial charge in [-0.25, -0.2) is 4.39 Å². The maximum atomic E-state index is 13.1. The first kappa shape index (κ1) is 15.7. The molecule has 0 aliphatic rings. The van der Waals surface area contributed by atoms with E-state index >= 15 is 0 Å². The van der Waals surface area contributed by atoms with Crippen molar-refractivity contribution in [1.29, 1.82) is 0 Å². The third-order valence-electron chi connectivity index (χ3n) is 2.49. The number of nitrogens with two attached hydrogens (primary N) is 1. The minimum atomic E-state index is -0.389. The molecule has 0 heterocycles. The van der Waals surface area contributed by atoms with Gasteiger partial charge in [0.1, 0.15) is 5.82 Å². The Balaban J connectivity index is 0.00000225. The summed E-state index contributed by atoms with van der Waals surface area (Å²) in [4.78, 5) is 0. The molecule has 0 saturated heterocycles. The Labute approximate surface area is 108 Å². The summed E-state index contributed by atoms with van der Waals surface area (Å²) in [7, 11) is 0. The summed E-state index contributed by atoms with van der Waals surface area (Å²) in [5.74, 6) is -0.389. The first-order valence-electron chi connectivity index (χ1n) is 5.35. The number of benzene rings is 1. The van der Waals surface area contributed by atoms with Crippen LogP contribution < -0.4 is 5.73 Å². The summed E-state index contributed by atoms with van der Waals surface area (Å²) in [5.41, 5.74) is 6.77. The molecule has 0 bridgehead atoms. The van der Waals surface area contributed by atoms with Crippen molar-refractivity contribution in [2.24, 2.45) is 5.73 Å². The summed E-state index contributed by atoms with van der Waals surface area (Å²) < 4.78 is 13.1. The minimum absolute atomic E-state index is 0. The van der Waals surface area contributed by atoms with Crippen molar-refractivity contribution in [1.82, 2.24) is 0 Å². The van der Waals surface area contributed by atoms with Crippen molar-refractivity contribution < 1.29 is 4.39 Å². The Bertz CT molecular complexity index is 318. The van der Waals surface area contributed by atoms with Gasteiger partial charge >= 0.3 is 0 Å². The third kappa shape index (κ3) is 4.69. The third-order valence-corrected chi connectivity index (χ3v) is 2.80. The van der Waals surface area contributed by atoms with Gasteiger partial charge in [-0.15, -0.1) is 12.4 Å². The molecule has 1 aromatic rings. The number of rotatable bonds is 5. The number of unbranched alkanes of at least 4 members (excludes halogenated alkanes) is 2. The van der Waals surface area contributed by atoms with Crippen LogP contribution in [0.4, 0.5) is 4.39 Å². The van der Waals surface area contributed by atoms with Crippen LogP contribution in [0.15, 0.2) is 18.2 Å². The highest BCUT2D eigenvalue weighted by Gasteiger charge is 2.08. The van der Waals surface area contributed by atoms with Crippen LogP contribution in [-0.2, 0) is 0 Å². The Morgan fingerprint density at radius 3 is 2.62 bits per heavy atom. The molecule has 0 aliphatic heterocycles. The van der Waals surface area contributed by atoms with Crippen LogP contribution in [0, 0.1) is 5.82 Å². The quantitative estimate of drug-likeness (QED) is 0.781. The smallest absolute Gasteiger partial charge is 0.142 e. The molecule has 92 valence electrons. The van der Waals surface area contributed by atoms with E-state index < -0.39 is 0 Å². The number of hydrogen-bond donors (Lipinski definition) is 1. The average Bonchev–Trinajstić information content (AvgIpc) is 2.22. The SMILES string of the molecule is CCCCC[C@H](N)c1ccc(Cl)c(F)c1.Cl. The second-order valence-electron chi connectivity index (χ2n) is 3.78. The monoisotopic (exact) mass is 265 g/mol. The summed E-state index contributed by atoms with van der Waals surface area (Å²) >= 11 is 5.60. The molecule has 1 atom stereocenters. The van der Waals surface area contributed by atoms with E-state index in [4.69, 9.17) is 17.3 Å². The van der Waals surface area contributed by atoms with Crippen LogP contribution in [-0.4, -0.2) is 0 Å². The molecule has 0 saturated carbocycles. The largest absolute Gasteiger partial charge is 0.324 e. The van der Waals surface area contributed by atoms with Crippen LogP contribution in [0.25, 0.3) is 0 Å². The molecule has 2 N–H and O–H groups in total. The van der Waals surface area contributed by atoms with E-state index in [0.717, 1.165) is 18.4 Å². The minimum Gasteiger partial charge on any atom is -0.324 e. The summed E-state index contributed by atoms with van der Waals surface area (Å²) in [6, 6.07) is 4.70. The van der Waals surface area contributed by atoms with E-state index in [-0.39, 0.29) is 29.3 Å². The normalized spacial score (nSPS) is 12.0. The highest BCUT2D eigenvalue weighted by atomic mass is 35.5. The van der Waals surface area contributed by atoms with Crippen LogP contribution in [0.1, 0.15) is 44.2 Å². The fourth-order valence-electron chi connectivity index (χ4n) is 1.52. The van der Waals surface area contributed by atoms with Gasteiger partial charge in [0.25, 0.3) is 0 Å². The first-order chi connectivity index (χ1) is 7.15. The van der Waals surface area contributed by atoms with Crippen LogP contribution in [0.5, 0.6) is 0 Å². The Kier molecular flexibility index (Phi) is 7.73.